The van der Waals surface area contributed by atoms with Gasteiger partial charge in [0.1, 0.15) is 11.5 Å². The molecule has 0 saturated heterocycles. The van der Waals surface area contributed by atoms with Crippen LogP contribution in [-0.4, -0.2) is 31.8 Å². The van der Waals surface area contributed by atoms with Gasteiger partial charge in [-0.05, 0) is 24.6 Å². The number of rotatable bonds is 5. The molecule has 1 heterocycles. The summed E-state index contributed by atoms with van der Waals surface area (Å²) >= 11 is 0. The molecule has 2 rings (SSSR count). The zero-order chi connectivity index (χ0) is 14.5. The number of benzene rings is 1. The van der Waals surface area contributed by atoms with Gasteiger partial charge in [-0.25, -0.2) is 4.79 Å². The number of nitrogens with one attached hydrogen (secondary N) is 1. The van der Waals surface area contributed by atoms with Crippen molar-refractivity contribution in [2.75, 3.05) is 20.8 Å². The molecule has 0 radical (unpaired) electrons. The van der Waals surface area contributed by atoms with Gasteiger partial charge in [0.15, 0.2) is 0 Å². The highest BCUT2D eigenvalue weighted by Crippen LogP contribution is 2.31. The maximum Gasteiger partial charge on any atom is 0.340 e. The molecule has 5 heteroatoms. The smallest absolute Gasteiger partial charge is 0.340 e. The Bertz CT molecular complexity index is 581. The average Bonchev–Trinajstić information content (AvgIpc) is 2.96. The quantitative estimate of drug-likeness (QED) is 0.852. The first-order valence-corrected chi connectivity index (χ1v) is 6.27. The molecular formula is C15H17NO4. The highest BCUT2D eigenvalue weighted by Gasteiger charge is 2.16. The maximum absolute atomic E-state index is 11.9. The summed E-state index contributed by atoms with van der Waals surface area (Å²) in [4.78, 5) is 14.8. The topological polar surface area (TPSA) is 60.6 Å². The zero-order valence-corrected chi connectivity index (χ0v) is 11.7. The molecule has 0 aliphatic rings. The van der Waals surface area contributed by atoms with Crippen LogP contribution in [0.5, 0.6) is 11.5 Å². The van der Waals surface area contributed by atoms with E-state index in [0.717, 1.165) is 11.1 Å². The van der Waals surface area contributed by atoms with Gasteiger partial charge in [0.2, 0.25) is 0 Å². The highest BCUT2D eigenvalue weighted by molar-refractivity contribution is 5.97. The maximum atomic E-state index is 11.9. The van der Waals surface area contributed by atoms with Crippen LogP contribution in [0, 0.1) is 0 Å². The molecule has 0 fully saturated rings. The Balaban J connectivity index is 2.46. The van der Waals surface area contributed by atoms with Crippen molar-refractivity contribution in [2.24, 2.45) is 0 Å². The molecule has 0 saturated carbocycles. The number of hydrogen-bond donors (Lipinski definition) is 1. The van der Waals surface area contributed by atoms with E-state index >= 15 is 0 Å². The van der Waals surface area contributed by atoms with Crippen LogP contribution >= 0.6 is 0 Å². The van der Waals surface area contributed by atoms with Gasteiger partial charge in [-0.15, -0.1) is 0 Å². The summed E-state index contributed by atoms with van der Waals surface area (Å²) < 4.78 is 15.5. The van der Waals surface area contributed by atoms with E-state index in [9.17, 15) is 4.79 Å². The normalized spacial score (nSPS) is 10.2. The molecular weight excluding hydrogens is 258 g/mol. The number of carbonyl (C=O) groups excluding carboxylic acids is 1. The van der Waals surface area contributed by atoms with E-state index < -0.39 is 0 Å². The Labute approximate surface area is 117 Å². The fraction of sp³-hybridized carbons (Fsp3) is 0.267. The Morgan fingerprint density at radius 2 is 1.75 bits per heavy atom. The SMILES string of the molecule is CCOC(=O)c1c[nH]cc1-c1cc(OC)cc(OC)c1. The van der Waals surface area contributed by atoms with Crippen LogP contribution in [0.4, 0.5) is 0 Å². The second-order valence-electron chi connectivity index (χ2n) is 4.10. The third kappa shape index (κ3) is 2.77. The van der Waals surface area contributed by atoms with Gasteiger partial charge < -0.3 is 19.2 Å². The molecule has 0 bridgehead atoms. The number of esters is 1. The van der Waals surface area contributed by atoms with Crippen LogP contribution in [0.15, 0.2) is 30.6 Å². The lowest BCUT2D eigenvalue weighted by molar-refractivity contribution is 0.0527. The molecule has 20 heavy (non-hydrogen) atoms. The minimum absolute atomic E-state index is 0.338. The van der Waals surface area contributed by atoms with Crippen LogP contribution in [0.3, 0.4) is 0 Å². The number of carbonyl (C=O) groups is 1. The van der Waals surface area contributed by atoms with Crippen molar-refractivity contribution in [1.82, 2.24) is 4.98 Å². The highest BCUT2D eigenvalue weighted by atomic mass is 16.5. The number of aromatic nitrogens is 1. The Morgan fingerprint density at radius 1 is 1.10 bits per heavy atom. The van der Waals surface area contributed by atoms with E-state index in [2.05, 4.69) is 4.98 Å². The van der Waals surface area contributed by atoms with Crippen molar-refractivity contribution in [3.8, 4) is 22.6 Å². The Kier molecular flexibility index (Phi) is 4.30. The molecule has 1 N–H and O–H groups in total. The fourth-order valence-electron chi connectivity index (χ4n) is 1.94. The monoisotopic (exact) mass is 275 g/mol. The van der Waals surface area contributed by atoms with Crippen LogP contribution in [0.2, 0.25) is 0 Å². The minimum Gasteiger partial charge on any atom is -0.497 e. The van der Waals surface area contributed by atoms with Crippen molar-refractivity contribution in [1.29, 1.82) is 0 Å². The van der Waals surface area contributed by atoms with E-state index in [4.69, 9.17) is 14.2 Å². The predicted molar refractivity (Wildman–Crippen MR) is 75.3 cm³/mol. The lowest BCUT2D eigenvalue weighted by Crippen LogP contribution is -2.04. The molecule has 0 aliphatic heterocycles. The van der Waals surface area contributed by atoms with Gasteiger partial charge in [0, 0.05) is 24.0 Å². The lowest BCUT2D eigenvalue weighted by atomic mass is 10.0. The average molecular weight is 275 g/mol. The summed E-state index contributed by atoms with van der Waals surface area (Å²) in [6.45, 7) is 2.11. The van der Waals surface area contributed by atoms with Gasteiger partial charge in [0.25, 0.3) is 0 Å². The lowest BCUT2D eigenvalue weighted by Gasteiger charge is -2.09. The summed E-state index contributed by atoms with van der Waals surface area (Å²) in [6, 6.07) is 5.46. The van der Waals surface area contributed by atoms with Crippen LogP contribution in [0.25, 0.3) is 11.1 Å². The molecule has 0 unspecified atom stereocenters. The minimum atomic E-state index is -0.356. The molecule has 106 valence electrons. The van der Waals surface area contributed by atoms with Crippen molar-refractivity contribution in [3.63, 3.8) is 0 Å². The third-order valence-electron chi connectivity index (χ3n) is 2.90. The van der Waals surface area contributed by atoms with E-state index in [-0.39, 0.29) is 5.97 Å². The summed E-state index contributed by atoms with van der Waals surface area (Å²) in [5.41, 5.74) is 2.06. The molecule has 1 aromatic carbocycles. The number of H-pyrrole nitrogens is 1. The van der Waals surface area contributed by atoms with Crippen molar-refractivity contribution >= 4 is 5.97 Å². The summed E-state index contributed by atoms with van der Waals surface area (Å²) in [6.07, 6.45) is 3.37. The molecule has 1 aromatic heterocycles. The largest absolute Gasteiger partial charge is 0.497 e. The van der Waals surface area contributed by atoms with Crippen LogP contribution in [0.1, 0.15) is 17.3 Å². The first kappa shape index (κ1) is 14.0. The fourth-order valence-corrected chi connectivity index (χ4v) is 1.94. The first-order valence-electron chi connectivity index (χ1n) is 6.27. The van der Waals surface area contributed by atoms with Crippen molar-refractivity contribution in [3.05, 3.63) is 36.2 Å². The van der Waals surface area contributed by atoms with E-state index in [1.54, 1.807) is 39.6 Å². The third-order valence-corrected chi connectivity index (χ3v) is 2.90. The summed E-state index contributed by atoms with van der Waals surface area (Å²) in [5, 5.41) is 0. The first-order chi connectivity index (χ1) is 9.69. The van der Waals surface area contributed by atoms with Gasteiger partial charge in [-0.3, -0.25) is 0 Å². The molecule has 0 amide bonds. The van der Waals surface area contributed by atoms with E-state index in [1.165, 1.54) is 0 Å². The molecule has 0 aliphatic carbocycles. The molecule has 5 nitrogen and oxygen atoms in total. The Hall–Kier alpha value is -2.43. The molecule has 2 aromatic rings. The number of methoxy groups -OCH3 is 2. The summed E-state index contributed by atoms with van der Waals surface area (Å²) in [5.74, 6) is 0.969. The Morgan fingerprint density at radius 3 is 2.30 bits per heavy atom. The second kappa shape index (κ2) is 6.14. The molecule has 0 atom stereocenters. The second-order valence-corrected chi connectivity index (χ2v) is 4.10. The predicted octanol–water partition coefficient (Wildman–Crippen LogP) is 2.88. The van der Waals surface area contributed by atoms with Crippen LogP contribution in [-0.2, 0) is 4.74 Å². The zero-order valence-electron chi connectivity index (χ0n) is 11.7. The number of aromatic amines is 1. The van der Waals surface area contributed by atoms with E-state index in [0.29, 0.717) is 23.7 Å². The standard InChI is InChI=1S/C15H17NO4/c1-4-20-15(17)14-9-16-8-13(14)10-5-11(18-2)7-12(6-10)19-3/h5-9,16H,4H2,1-3H3. The van der Waals surface area contributed by atoms with Crippen molar-refractivity contribution < 1.29 is 19.0 Å². The number of hydrogen-bond acceptors (Lipinski definition) is 4. The molecule has 0 spiro atoms. The van der Waals surface area contributed by atoms with Crippen LogP contribution < -0.4 is 9.47 Å². The van der Waals surface area contributed by atoms with Gasteiger partial charge in [-0.2, -0.15) is 0 Å². The van der Waals surface area contributed by atoms with Gasteiger partial charge in [0.05, 0.1) is 26.4 Å². The van der Waals surface area contributed by atoms with Gasteiger partial charge >= 0.3 is 5.97 Å². The van der Waals surface area contributed by atoms with E-state index in [1.807, 2.05) is 12.1 Å². The summed E-state index contributed by atoms with van der Waals surface area (Å²) in [7, 11) is 3.17. The van der Waals surface area contributed by atoms with Gasteiger partial charge in [-0.1, -0.05) is 0 Å². The van der Waals surface area contributed by atoms with Crippen molar-refractivity contribution in [2.45, 2.75) is 6.92 Å². The number of ether oxygens (including phenoxy) is 3.